The van der Waals surface area contributed by atoms with Crippen LogP contribution in [0.2, 0.25) is 0 Å². The number of benzene rings is 1. The number of hydrogen-bond acceptors (Lipinski definition) is 3. The lowest BCUT2D eigenvalue weighted by Crippen LogP contribution is -2.39. The minimum Gasteiger partial charge on any atom is -0.491 e. The highest BCUT2D eigenvalue weighted by Crippen LogP contribution is 2.19. The first-order valence-electron chi connectivity index (χ1n) is 8.62. The van der Waals surface area contributed by atoms with Crippen LogP contribution in [0.3, 0.4) is 0 Å². The first kappa shape index (κ1) is 22.0. The summed E-state index contributed by atoms with van der Waals surface area (Å²) in [6.07, 6.45) is 1.11. The van der Waals surface area contributed by atoms with Gasteiger partial charge in [-0.1, -0.05) is 6.07 Å². The molecule has 1 fully saturated rings. The summed E-state index contributed by atoms with van der Waals surface area (Å²) >= 11 is 0. The fraction of sp³-hybridized carbons (Fsp3) is 0.611. The first-order valence-corrected chi connectivity index (χ1v) is 8.62. The molecule has 0 aliphatic carbocycles. The van der Waals surface area contributed by atoms with Crippen molar-refractivity contribution < 1.29 is 13.9 Å². The molecule has 1 heterocycles. The zero-order valence-corrected chi connectivity index (χ0v) is 17.6. The molecule has 0 aromatic heterocycles. The van der Waals surface area contributed by atoms with Gasteiger partial charge in [-0.25, -0.2) is 4.39 Å². The number of ether oxygens (including phenoxy) is 2. The van der Waals surface area contributed by atoms with Crippen LogP contribution in [-0.2, 0) is 11.3 Å². The van der Waals surface area contributed by atoms with Crippen LogP contribution in [0.25, 0.3) is 0 Å². The Morgan fingerprint density at radius 3 is 2.80 bits per heavy atom. The molecular weight excluding hydrogens is 436 g/mol. The monoisotopic (exact) mass is 465 g/mol. The number of guanidine groups is 1. The smallest absolute Gasteiger partial charge is 0.193 e. The maximum atomic E-state index is 13.9. The molecule has 1 aliphatic heterocycles. The van der Waals surface area contributed by atoms with Gasteiger partial charge in [0.2, 0.25) is 0 Å². The molecule has 5 nitrogen and oxygen atoms in total. The average Bonchev–Trinajstić information content (AvgIpc) is 3.05. The second-order valence-corrected chi connectivity index (χ2v) is 5.86. The lowest BCUT2D eigenvalue weighted by atomic mass is 10.1. The van der Waals surface area contributed by atoms with Gasteiger partial charge in [-0.15, -0.1) is 24.0 Å². The predicted octanol–water partition coefficient (Wildman–Crippen LogP) is 3.28. The molecule has 25 heavy (non-hydrogen) atoms. The molecule has 1 N–H and O–H groups in total. The fourth-order valence-corrected chi connectivity index (χ4v) is 2.89. The molecule has 0 bridgehead atoms. The molecule has 1 atom stereocenters. The van der Waals surface area contributed by atoms with E-state index in [2.05, 4.69) is 15.2 Å². The van der Waals surface area contributed by atoms with E-state index in [0.717, 1.165) is 44.2 Å². The molecule has 2 rings (SSSR count). The van der Waals surface area contributed by atoms with Crippen LogP contribution < -0.4 is 10.1 Å². The highest BCUT2D eigenvalue weighted by atomic mass is 127. The highest BCUT2D eigenvalue weighted by molar-refractivity contribution is 14.0. The summed E-state index contributed by atoms with van der Waals surface area (Å²) in [5.74, 6) is 1.36. The van der Waals surface area contributed by atoms with Crippen LogP contribution in [0, 0.1) is 11.7 Å². The molecule has 0 saturated carbocycles. The van der Waals surface area contributed by atoms with Crippen molar-refractivity contribution in [3.63, 3.8) is 0 Å². The van der Waals surface area contributed by atoms with E-state index in [-0.39, 0.29) is 29.8 Å². The molecule has 142 valence electrons. The van der Waals surface area contributed by atoms with Crippen molar-refractivity contribution in [2.24, 2.45) is 10.9 Å². The normalized spacial score (nSPS) is 17.4. The van der Waals surface area contributed by atoms with E-state index in [1.54, 1.807) is 13.1 Å². The summed E-state index contributed by atoms with van der Waals surface area (Å²) in [6.45, 7) is 8.31. The van der Waals surface area contributed by atoms with E-state index in [4.69, 9.17) is 9.47 Å². The van der Waals surface area contributed by atoms with Crippen molar-refractivity contribution >= 4 is 29.9 Å². The van der Waals surface area contributed by atoms with E-state index < -0.39 is 0 Å². The number of hydrogen-bond donors (Lipinski definition) is 1. The Morgan fingerprint density at radius 1 is 1.36 bits per heavy atom. The molecule has 0 spiro atoms. The van der Waals surface area contributed by atoms with Crippen LogP contribution in [0.5, 0.6) is 5.75 Å². The van der Waals surface area contributed by atoms with Gasteiger partial charge in [-0.2, -0.15) is 0 Å². The Balaban J connectivity index is 0.00000312. The van der Waals surface area contributed by atoms with Gasteiger partial charge >= 0.3 is 0 Å². The molecule has 1 saturated heterocycles. The van der Waals surface area contributed by atoms with Gasteiger partial charge in [0.15, 0.2) is 17.5 Å². The highest BCUT2D eigenvalue weighted by Gasteiger charge is 2.24. The zero-order chi connectivity index (χ0) is 17.4. The van der Waals surface area contributed by atoms with E-state index >= 15 is 0 Å². The van der Waals surface area contributed by atoms with Gasteiger partial charge in [-0.05, 0) is 38.0 Å². The summed E-state index contributed by atoms with van der Waals surface area (Å²) < 4.78 is 24.6. The summed E-state index contributed by atoms with van der Waals surface area (Å²) in [5.41, 5.74) is 0.863. The third-order valence-electron chi connectivity index (χ3n) is 4.10. The largest absolute Gasteiger partial charge is 0.491 e. The molecular formula is C18H29FIN3O2. The maximum absolute atomic E-state index is 13.9. The van der Waals surface area contributed by atoms with Crippen LogP contribution in [0.1, 0.15) is 25.8 Å². The van der Waals surface area contributed by atoms with Gasteiger partial charge in [0, 0.05) is 39.2 Å². The zero-order valence-electron chi connectivity index (χ0n) is 15.3. The van der Waals surface area contributed by atoms with E-state index in [9.17, 15) is 4.39 Å². The van der Waals surface area contributed by atoms with Crippen LogP contribution in [0.15, 0.2) is 23.2 Å². The van der Waals surface area contributed by atoms with Crippen molar-refractivity contribution in [3.8, 4) is 5.75 Å². The standard InChI is InChI=1S/C18H28FN3O2.HI/c1-4-23-13-15-8-9-22(12-15)18(20-3)21-11-14-6-7-17(24-5-2)16(19)10-14;/h6-7,10,15H,4-5,8-9,11-13H2,1-3H3,(H,20,21);1H. The van der Waals surface area contributed by atoms with Gasteiger partial charge in [0.1, 0.15) is 0 Å². The number of halogens is 2. The summed E-state index contributed by atoms with van der Waals surface area (Å²) in [4.78, 5) is 6.57. The Bertz CT molecular complexity index is 557. The quantitative estimate of drug-likeness (QED) is 0.382. The molecule has 1 aliphatic rings. The van der Waals surface area contributed by atoms with Crippen molar-refractivity contribution in [1.82, 2.24) is 10.2 Å². The number of rotatable bonds is 7. The fourth-order valence-electron chi connectivity index (χ4n) is 2.89. The van der Waals surface area contributed by atoms with E-state index in [1.165, 1.54) is 6.07 Å². The average molecular weight is 465 g/mol. The lowest BCUT2D eigenvalue weighted by Gasteiger charge is -2.22. The third kappa shape index (κ3) is 6.62. The number of likely N-dealkylation sites (tertiary alicyclic amines) is 1. The van der Waals surface area contributed by atoms with E-state index in [1.807, 2.05) is 19.9 Å². The SMILES string of the molecule is CCOCC1CCN(C(=NC)NCc2ccc(OCC)c(F)c2)C1.I. The molecule has 0 radical (unpaired) electrons. The summed E-state index contributed by atoms with van der Waals surface area (Å²) in [6, 6.07) is 5.05. The van der Waals surface area contributed by atoms with Gasteiger partial charge in [0.05, 0.1) is 13.2 Å². The molecule has 1 aromatic rings. The van der Waals surface area contributed by atoms with Gasteiger partial charge in [0.25, 0.3) is 0 Å². The molecule has 7 heteroatoms. The molecule has 1 unspecified atom stereocenters. The molecule has 0 amide bonds. The maximum Gasteiger partial charge on any atom is 0.193 e. The second kappa shape index (κ2) is 11.5. The van der Waals surface area contributed by atoms with Crippen LogP contribution >= 0.6 is 24.0 Å². The Morgan fingerprint density at radius 2 is 2.16 bits per heavy atom. The van der Waals surface area contributed by atoms with Crippen LogP contribution in [-0.4, -0.2) is 50.8 Å². The van der Waals surface area contributed by atoms with Crippen molar-refractivity contribution in [2.75, 3.05) is 40.0 Å². The van der Waals surface area contributed by atoms with Gasteiger partial charge in [-0.3, -0.25) is 4.99 Å². The number of nitrogens with one attached hydrogen (secondary N) is 1. The summed E-state index contributed by atoms with van der Waals surface area (Å²) in [7, 11) is 1.77. The van der Waals surface area contributed by atoms with Crippen molar-refractivity contribution in [2.45, 2.75) is 26.8 Å². The lowest BCUT2D eigenvalue weighted by molar-refractivity contribution is 0.114. The Kier molecular flexibility index (Phi) is 10.1. The van der Waals surface area contributed by atoms with E-state index in [0.29, 0.717) is 24.8 Å². The Labute approximate surface area is 167 Å². The minimum absolute atomic E-state index is 0. The van der Waals surface area contributed by atoms with Crippen LogP contribution in [0.4, 0.5) is 4.39 Å². The summed E-state index contributed by atoms with van der Waals surface area (Å²) in [5, 5.41) is 3.31. The Hall–Kier alpha value is -1.09. The first-order chi connectivity index (χ1) is 11.7. The van der Waals surface area contributed by atoms with Crippen molar-refractivity contribution in [3.05, 3.63) is 29.6 Å². The molecule has 1 aromatic carbocycles. The minimum atomic E-state index is -0.330. The second-order valence-electron chi connectivity index (χ2n) is 5.86. The topological polar surface area (TPSA) is 46.1 Å². The number of nitrogens with zero attached hydrogens (tertiary/aromatic N) is 2. The van der Waals surface area contributed by atoms with Crippen molar-refractivity contribution in [1.29, 1.82) is 0 Å². The number of aliphatic imine (C=N–C) groups is 1. The predicted molar refractivity (Wildman–Crippen MR) is 109 cm³/mol. The van der Waals surface area contributed by atoms with Gasteiger partial charge < -0.3 is 19.7 Å². The third-order valence-corrected chi connectivity index (χ3v) is 4.10.